The second kappa shape index (κ2) is 7.06. The molecule has 0 saturated carbocycles. The summed E-state index contributed by atoms with van der Waals surface area (Å²) in [6.07, 6.45) is 1.94. The van der Waals surface area contributed by atoms with E-state index in [0.29, 0.717) is 13.2 Å². The number of carbonyl (C=O) groups is 1. The lowest BCUT2D eigenvalue weighted by Gasteiger charge is -2.22. The monoisotopic (exact) mass is 332 g/mol. The maximum Gasteiger partial charge on any atom is 0.271 e. The van der Waals surface area contributed by atoms with E-state index in [9.17, 15) is 14.9 Å². The van der Waals surface area contributed by atoms with Crippen molar-refractivity contribution in [2.75, 3.05) is 19.8 Å². The summed E-state index contributed by atoms with van der Waals surface area (Å²) in [5, 5.41) is 13.5. The number of nitro benzene ring substituents is 1. The summed E-state index contributed by atoms with van der Waals surface area (Å²) in [5.74, 6) is -0.230. The van der Waals surface area contributed by atoms with Gasteiger partial charge in [-0.2, -0.15) is 0 Å². The minimum Gasteiger partial charge on any atom is -0.381 e. The number of non-ortho nitro benzene ring substituents is 1. The number of nitrogens with zero attached hydrogens (tertiary/aromatic N) is 1. The van der Waals surface area contributed by atoms with E-state index in [1.807, 2.05) is 0 Å². The summed E-state index contributed by atoms with van der Waals surface area (Å²) in [6.45, 7) is 1.79. The summed E-state index contributed by atoms with van der Waals surface area (Å²) >= 11 is 11.8. The van der Waals surface area contributed by atoms with Gasteiger partial charge in [0.15, 0.2) is 0 Å². The first kappa shape index (κ1) is 16.0. The largest absolute Gasteiger partial charge is 0.381 e. The molecule has 1 aliphatic heterocycles. The van der Waals surface area contributed by atoms with Crippen LogP contribution in [0.2, 0.25) is 10.0 Å². The van der Waals surface area contributed by atoms with E-state index in [2.05, 4.69) is 5.32 Å². The third-order valence-electron chi connectivity index (χ3n) is 3.27. The Morgan fingerprint density at radius 2 is 2.24 bits per heavy atom. The van der Waals surface area contributed by atoms with Gasteiger partial charge in [0.2, 0.25) is 0 Å². The minimum atomic E-state index is -0.617. The zero-order chi connectivity index (χ0) is 15.4. The molecular formula is C13H14Cl2N2O4. The number of hydrogen-bond acceptors (Lipinski definition) is 4. The first-order valence-electron chi connectivity index (χ1n) is 6.48. The van der Waals surface area contributed by atoms with Crippen molar-refractivity contribution in [2.45, 2.75) is 12.8 Å². The average Bonchev–Trinajstić information content (AvgIpc) is 2.48. The molecule has 0 bridgehead atoms. The van der Waals surface area contributed by atoms with Crippen LogP contribution in [-0.2, 0) is 4.74 Å². The molecule has 1 saturated heterocycles. The molecule has 1 amide bonds. The maximum absolute atomic E-state index is 12.1. The van der Waals surface area contributed by atoms with E-state index < -0.39 is 10.8 Å². The van der Waals surface area contributed by atoms with Crippen LogP contribution in [0.4, 0.5) is 5.69 Å². The zero-order valence-corrected chi connectivity index (χ0v) is 12.6. The van der Waals surface area contributed by atoms with Gasteiger partial charge in [0.1, 0.15) is 0 Å². The van der Waals surface area contributed by atoms with Crippen LogP contribution in [0.1, 0.15) is 23.2 Å². The molecule has 1 unspecified atom stereocenters. The molecule has 0 spiro atoms. The summed E-state index contributed by atoms with van der Waals surface area (Å²) in [7, 11) is 0. The Balaban J connectivity index is 2.09. The molecule has 1 aliphatic rings. The lowest BCUT2D eigenvalue weighted by molar-refractivity contribution is -0.384. The molecule has 1 fully saturated rings. The molecule has 21 heavy (non-hydrogen) atoms. The minimum absolute atomic E-state index is 0.00703. The topological polar surface area (TPSA) is 81.5 Å². The fourth-order valence-corrected chi connectivity index (χ4v) is 2.55. The third kappa shape index (κ3) is 4.06. The van der Waals surface area contributed by atoms with Crippen LogP contribution in [-0.4, -0.2) is 30.6 Å². The zero-order valence-electron chi connectivity index (χ0n) is 11.1. The average molecular weight is 333 g/mol. The van der Waals surface area contributed by atoms with Gasteiger partial charge in [0, 0.05) is 25.3 Å². The highest BCUT2D eigenvalue weighted by Gasteiger charge is 2.21. The fourth-order valence-electron chi connectivity index (χ4n) is 2.15. The van der Waals surface area contributed by atoms with Gasteiger partial charge in [-0.15, -0.1) is 0 Å². The molecule has 1 aromatic carbocycles. The highest BCUT2D eigenvalue weighted by Crippen LogP contribution is 2.30. The van der Waals surface area contributed by atoms with Gasteiger partial charge in [-0.1, -0.05) is 23.2 Å². The number of ether oxygens (including phenoxy) is 1. The fraction of sp³-hybridized carbons (Fsp3) is 0.462. The molecule has 1 N–H and O–H groups in total. The molecular weight excluding hydrogens is 319 g/mol. The molecule has 0 aromatic heterocycles. The van der Waals surface area contributed by atoms with Crippen LogP contribution in [0.5, 0.6) is 0 Å². The van der Waals surface area contributed by atoms with Gasteiger partial charge in [0.25, 0.3) is 11.6 Å². The van der Waals surface area contributed by atoms with E-state index in [1.54, 1.807) is 0 Å². The second-order valence-electron chi connectivity index (χ2n) is 4.84. The Morgan fingerprint density at radius 1 is 1.48 bits per heavy atom. The Morgan fingerprint density at radius 3 is 2.86 bits per heavy atom. The number of nitrogens with one attached hydrogen (secondary N) is 1. The SMILES string of the molecule is O=C(NCC1CCCOC1)c1cc([N+](=O)[O-])cc(Cl)c1Cl. The van der Waals surface area contributed by atoms with E-state index in [1.165, 1.54) is 0 Å². The Kier molecular flexibility index (Phi) is 5.39. The molecule has 1 atom stereocenters. The van der Waals surface area contributed by atoms with E-state index in [-0.39, 0.29) is 27.2 Å². The second-order valence-corrected chi connectivity index (χ2v) is 5.62. The molecule has 1 aromatic rings. The molecule has 114 valence electrons. The van der Waals surface area contributed by atoms with Crippen LogP contribution in [0, 0.1) is 16.0 Å². The predicted molar refractivity (Wildman–Crippen MR) is 79.0 cm³/mol. The molecule has 8 heteroatoms. The first-order valence-corrected chi connectivity index (χ1v) is 7.24. The van der Waals surface area contributed by atoms with Crippen molar-refractivity contribution in [1.82, 2.24) is 5.32 Å². The highest BCUT2D eigenvalue weighted by atomic mass is 35.5. The number of carbonyl (C=O) groups excluding carboxylic acids is 1. The van der Waals surface area contributed by atoms with E-state index in [4.69, 9.17) is 27.9 Å². The number of hydrogen-bond donors (Lipinski definition) is 1. The van der Waals surface area contributed by atoms with Gasteiger partial charge < -0.3 is 10.1 Å². The maximum atomic E-state index is 12.1. The van der Waals surface area contributed by atoms with Gasteiger partial charge in [0.05, 0.1) is 27.1 Å². The molecule has 0 radical (unpaired) electrons. The Hall–Kier alpha value is -1.37. The van der Waals surface area contributed by atoms with Crippen molar-refractivity contribution in [3.63, 3.8) is 0 Å². The first-order chi connectivity index (χ1) is 9.99. The quantitative estimate of drug-likeness (QED) is 0.678. The molecule has 6 nitrogen and oxygen atoms in total. The summed E-state index contributed by atoms with van der Waals surface area (Å²) < 4.78 is 5.33. The van der Waals surface area contributed by atoms with Crippen molar-refractivity contribution in [2.24, 2.45) is 5.92 Å². The summed E-state index contributed by atoms with van der Waals surface area (Å²) in [4.78, 5) is 22.3. The lowest BCUT2D eigenvalue weighted by atomic mass is 10.0. The Bertz CT molecular complexity index is 559. The number of nitro groups is 1. The van der Waals surface area contributed by atoms with E-state index >= 15 is 0 Å². The smallest absolute Gasteiger partial charge is 0.271 e. The van der Waals surface area contributed by atoms with Crippen LogP contribution >= 0.6 is 23.2 Å². The number of amides is 1. The van der Waals surface area contributed by atoms with Crippen LogP contribution in [0.25, 0.3) is 0 Å². The third-order valence-corrected chi connectivity index (χ3v) is 4.08. The standard InChI is InChI=1S/C13H14Cl2N2O4/c14-11-5-9(17(19)20)4-10(12(11)15)13(18)16-6-8-2-1-3-21-7-8/h4-5,8H,1-3,6-7H2,(H,16,18). The van der Waals surface area contributed by atoms with Crippen molar-refractivity contribution in [1.29, 1.82) is 0 Å². The molecule has 0 aliphatic carbocycles. The van der Waals surface area contributed by atoms with Crippen LogP contribution < -0.4 is 5.32 Å². The van der Waals surface area contributed by atoms with Crippen molar-refractivity contribution in [3.05, 3.63) is 37.9 Å². The van der Waals surface area contributed by atoms with Gasteiger partial charge >= 0.3 is 0 Å². The molecule has 2 rings (SSSR count). The molecule has 1 heterocycles. The lowest BCUT2D eigenvalue weighted by Crippen LogP contribution is -2.33. The van der Waals surface area contributed by atoms with Crippen LogP contribution in [0.15, 0.2) is 12.1 Å². The summed E-state index contributed by atoms with van der Waals surface area (Å²) in [6, 6.07) is 2.25. The van der Waals surface area contributed by atoms with Crippen LogP contribution in [0.3, 0.4) is 0 Å². The Labute approximate surface area is 131 Å². The van der Waals surface area contributed by atoms with Crippen molar-refractivity contribution < 1.29 is 14.5 Å². The van der Waals surface area contributed by atoms with E-state index in [0.717, 1.165) is 31.6 Å². The normalized spacial score (nSPS) is 18.3. The number of benzene rings is 1. The number of rotatable bonds is 4. The predicted octanol–water partition coefficient (Wildman–Crippen LogP) is 3.06. The van der Waals surface area contributed by atoms with Gasteiger partial charge in [-0.05, 0) is 18.8 Å². The number of halogens is 2. The van der Waals surface area contributed by atoms with Crippen molar-refractivity contribution in [3.8, 4) is 0 Å². The van der Waals surface area contributed by atoms with Gasteiger partial charge in [-0.3, -0.25) is 14.9 Å². The van der Waals surface area contributed by atoms with Gasteiger partial charge in [-0.25, -0.2) is 0 Å². The summed E-state index contributed by atoms with van der Waals surface area (Å²) in [5.41, 5.74) is -0.261. The highest BCUT2D eigenvalue weighted by molar-refractivity contribution is 6.44. The van der Waals surface area contributed by atoms with Crippen molar-refractivity contribution >= 4 is 34.8 Å².